The zero-order valence-electron chi connectivity index (χ0n) is 14.6. The third-order valence-corrected chi connectivity index (χ3v) is 5.75. The molecule has 0 saturated carbocycles. The van der Waals surface area contributed by atoms with E-state index in [1.165, 1.54) is 33.5 Å². The van der Waals surface area contributed by atoms with Crippen molar-refractivity contribution >= 4 is 39.0 Å². The lowest BCUT2D eigenvalue weighted by molar-refractivity contribution is 0.598. The smallest absolute Gasteiger partial charge is 0.191 e. The molecule has 0 spiro atoms. The molecule has 0 aliphatic heterocycles. The number of nitrogens with zero attached hydrogens (tertiary/aromatic N) is 4. The lowest BCUT2D eigenvalue weighted by Gasteiger charge is -2.18. The highest BCUT2D eigenvalue weighted by Gasteiger charge is 2.20. The number of anilines is 1. The number of fused-ring (bicyclic) bond motifs is 1. The SMILES string of the molecule is CC(Sc1nc(N)cc(C#N)n1)c1cc2c(C(C)(C)C)csc2cn1. The number of rotatable bonds is 3. The molecule has 0 aliphatic carbocycles. The third-order valence-electron chi connectivity index (χ3n) is 3.83. The van der Waals surface area contributed by atoms with Crippen LogP contribution in [0.25, 0.3) is 10.1 Å². The number of hydrogen-bond donors (Lipinski definition) is 1. The van der Waals surface area contributed by atoms with E-state index in [2.05, 4.69) is 54.1 Å². The van der Waals surface area contributed by atoms with Crippen LogP contribution in [0.5, 0.6) is 0 Å². The average Bonchev–Trinajstić information content (AvgIpc) is 2.97. The summed E-state index contributed by atoms with van der Waals surface area (Å²) in [7, 11) is 0. The normalized spacial score (nSPS) is 12.9. The van der Waals surface area contributed by atoms with Crippen molar-refractivity contribution in [1.82, 2.24) is 15.0 Å². The Morgan fingerprint density at radius 2 is 2.04 bits per heavy atom. The van der Waals surface area contributed by atoms with E-state index in [0.717, 1.165) is 5.69 Å². The van der Waals surface area contributed by atoms with Crippen molar-refractivity contribution in [1.29, 1.82) is 5.26 Å². The van der Waals surface area contributed by atoms with Crippen molar-refractivity contribution in [2.45, 2.75) is 43.5 Å². The molecular weight excluding hydrogens is 350 g/mol. The maximum Gasteiger partial charge on any atom is 0.191 e. The summed E-state index contributed by atoms with van der Waals surface area (Å²) in [6, 6.07) is 5.63. The average molecular weight is 370 g/mol. The first kappa shape index (κ1) is 17.6. The lowest BCUT2D eigenvalue weighted by Crippen LogP contribution is -2.10. The summed E-state index contributed by atoms with van der Waals surface area (Å²) in [5.41, 5.74) is 8.41. The van der Waals surface area contributed by atoms with Crippen molar-refractivity contribution in [3.8, 4) is 6.07 Å². The monoisotopic (exact) mass is 369 g/mol. The summed E-state index contributed by atoms with van der Waals surface area (Å²) in [5.74, 6) is 0.303. The fourth-order valence-electron chi connectivity index (χ4n) is 2.52. The Bertz CT molecular complexity index is 966. The predicted octanol–water partition coefficient (Wildman–Crippen LogP) is 4.69. The number of pyridine rings is 1. The number of nitriles is 1. The zero-order valence-corrected chi connectivity index (χ0v) is 16.2. The molecule has 3 rings (SSSR count). The van der Waals surface area contributed by atoms with Gasteiger partial charge in [0.1, 0.15) is 17.6 Å². The molecule has 0 radical (unpaired) electrons. The van der Waals surface area contributed by atoms with E-state index in [0.29, 0.717) is 11.0 Å². The molecule has 1 unspecified atom stereocenters. The molecule has 3 aromatic rings. The number of nitrogen functional groups attached to an aromatic ring is 1. The van der Waals surface area contributed by atoms with Gasteiger partial charge in [-0.3, -0.25) is 4.98 Å². The van der Waals surface area contributed by atoms with E-state index in [-0.39, 0.29) is 16.4 Å². The van der Waals surface area contributed by atoms with E-state index in [1.54, 1.807) is 11.3 Å². The molecule has 25 heavy (non-hydrogen) atoms. The molecule has 7 heteroatoms. The summed E-state index contributed by atoms with van der Waals surface area (Å²) in [6.45, 7) is 8.71. The van der Waals surface area contributed by atoms with Gasteiger partial charge in [0.05, 0.1) is 15.6 Å². The van der Waals surface area contributed by atoms with Crippen LogP contribution >= 0.6 is 23.1 Å². The quantitative estimate of drug-likeness (QED) is 0.532. The molecule has 128 valence electrons. The van der Waals surface area contributed by atoms with Crippen LogP contribution in [-0.2, 0) is 5.41 Å². The van der Waals surface area contributed by atoms with E-state index >= 15 is 0 Å². The lowest BCUT2D eigenvalue weighted by atomic mass is 9.87. The van der Waals surface area contributed by atoms with Crippen molar-refractivity contribution in [3.05, 3.63) is 40.7 Å². The van der Waals surface area contributed by atoms with Crippen molar-refractivity contribution in [3.63, 3.8) is 0 Å². The number of nitrogens with two attached hydrogens (primary N) is 1. The number of hydrogen-bond acceptors (Lipinski definition) is 7. The van der Waals surface area contributed by atoms with Crippen LogP contribution in [0.3, 0.4) is 0 Å². The predicted molar refractivity (Wildman–Crippen MR) is 104 cm³/mol. The minimum Gasteiger partial charge on any atom is -0.384 e. The Hall–Kier alpha value is -2.17. The van der Waals surface area contributed by atoms with Crippen molar-refractivity contribution < 1.29 is 0 Å². The van der Waals surface area contributed by atoms with Crippen LogP contribution in [0.1, 0.15) is 49.9 Å². The van der Waals surface area contributed by atoms with Gasteiger partial charge in [0.15, 0.2) is 5.16 Å². The fourth-order valence-corrected chi connectivity index (χ4v) is 4.53. The molecule has 2 N–H and O–H groups in total. The van der Waals surface area contributed by atoms with Crippen LogP contribution in [-0.4, -0.2) is 15.0 Å². The number of thiophene rings is 1. The van der Waals surface area contributed by atoms with Gasteiger partial charge in [0.25, 0.3) is 0 Å². The van der Waals surface area contributed by atoms with Gasteiger partial charge in [0.2, 0.25) is 0 Å². The first-order chi connectivity index (χ1) is 11.8. The summed E-state index contributed by atoms with van der Waals surface area (Å²) in [4.78, 5) is 13.0. The Kier molecular flexibility index (Phi) is 4.67. The van der Waals surface area contributed by atoms with Crippen molar-refractivity contribution in [2.24, 2.45) is 0 Å². The van der Waals surface area contributed by atoms with E-state index < -0.39 is 0 Å². The van der Waals surface area contributed by atoms with E-state index in [4.69, 9.17) is 11.0 Å². The molecule has 0 amide bonds. The van der Waals surface area contributed by atoms with Gasteiger partial charge in [-0.25, -0.2) is 9.97 Å². The van der Waals surface area contributed by atoms with Gasteiger partial charge in [-0.2, -0.15) is 5.26 Å². The van der Waals surface area contributed by atoms with Crippen LogP contribution in [0.2, 0.25) is 0 Å². The van der Waals surface area contributed by atoms with Gasteiger partial charge in [-0.05, 0) is 34.7 Å². The van der Waals surface area contributed by atoms with Crippen molar-refractivity contribution in [2.75, 3.05) is 5.73 Å². The van der Waals surface area contributed by atoms with Gasteiger partial charge in [-0.15, -0.1) is 11.3 Å². The second-order valence-corrected chi connectivity index (χ2v) is 9.06. The maximum absolute atomic E-state index is 9.02. The topological polar surface area (TPSA) is 88.5 Å². The van der Waals surface area contributed by atoms with Gasteiger partial charge in [-0.1, -0.05) is 32.5 Å². The first-order valence-corrected chi connectivity index (χ1v) is 9.63. The molecule has 0 fully saturated rings. The van der Waals surface area contributed by atoms with E-state index in [9.17, 15) is 0 Å². The third kappa shape index (κ3) is 3.75. The molecule has 3 aromatic heterocycles. The maximum atomic E-state index is 9.02. The Labute approximate surface area is 155 Å². The largest absolute Gasteiger partial charge is 0.384 e. The molecular formula is C18H19N5S2. The second kappa shape index (κ2) is 6.62. The standard InChI is InChI=1S/C18H19N5S2/c1-10(25-17-22-11(7-19)5-16(20)23-17)14-6-12-13(18(2,3)4)9-24-15(12)8-21-14/h5-6,8-10H,1-4H3,(H2,20,22,23). The van der Waals surface area contributed by atoms with Crippen LogP contribution in [0.4, 0.5) is 5.82 Å². The highest BCUT2D eigenvalue weighted by Crippen LogP contribution is 2.38. The Morgan fingerprint density at radius 1 is 1.28 bits per heavy atom. The van der Waals surface area contributed by atoms with E-state index in [1.807, 2.05) is 12.3 Å². The molecule has 5 nitrogen and oxygen atoms in total. The number of thioether (sulfide) groups is 1. The minimum absolute atomic E-state index is 0.0467. The second-order valence-electron chi connectivity index (χ2n) is 6.84. The summed E-state index contributed by atoms with van der Waals surface area (Å²) < 4.78 is 1.19. The first-order valence-electron chi connectivity index (χ1n) is 7.87. The molecule has 1 atom stereocenters. The van der Waals surface area contributed by atoms with Crippen LogP contribution in [0, 0.1) is 11.3 Å². The summed E-state index contributed by atoms with van der Waals surface area (Å²) in [6.07, 6.45) is 1.93. The highest BCUT2D eigenvalue weighted by molar-refractivity contribution is 7.99. The van der Waals surface area contributed by atoms with Crippen LogP contribution < -0.4 is 5.73 Å². The summed E-state index contributed by atoms with van der Waals surface area (Å²) >= 11 is 3.18. The molecule has 3 heterocycles. The fraction of sp³-hybridized carbons (Fsp3) is 0.333. The van der Waals surface area contributed by atoms with Crippen LogP contribution in [0.15, 0.2) is 28.9 Å². The minimum atomic E-state index is 0.0467. The number of aromatic nitrogens is 3. The molecule has 0 aliphatic rings. The molecule has 0 saturated heterocycles. The Balaban J connectivity index is 1.93. The molecule has 0 aromatic carbocycles. The van der Waals surface area contributed by atoms with Gasteiger partial charge in [0, 0.05) is 12.3 Å². The summed E-state index contributed by atoms with van der Waals surface area (Å²) in [5, 5.41) is 13.0. The molecule has 0 bridgehead atoms. The van der Waals surface area contributed by atoms with Gasteiger partial charge < -0.3 is 5.73 Å². The highest BCUT2D eigenvalue weighted by atomic mass is 32.2. The Morgan fingerprint density at radius 3 is 2.72 bits per heavy atom. The zero-order chi connectivity index (χ0) is 18.2. The van der Waals surface area contributed by atoms with Gasteiger partial charge >= 0.3 is 0 Å².